The summed E-state index contributed by atoms with van der Waals surface area (Å²) in [7, 11) is -3.81. The molecule has 6 rings (SSSR count). The van der Waals surface area contributed by atoms with Crippen molar-refractivity contribution in [3.63, 3.8) is 0 Å². The number of hydrogen-bond donors (Lipinski definition) is 1. The van der Waals surface area contributed by atoms with Gasteiger partial charge in [-0.05, 0) is 111 Å². The molecule has 4 saturated carbocycles. The van der Waals surface area contributed by atoms with Gasteiger partial charge in [-0.2, -0.15) is 0 Å². The largest absolute Gasteiger partial charge is 0.355 e. The molecule has 4 fully saturated rings. The zero-order chi connectivity index (χ0) is 29.5. The Kier molecular flexibility index (Phi) is 8.66. The Hall–Kier alpha value is -2.29. The van der Waals surface area contributed by atoms with Crippen LogP contribution >= 0.6 is 23.2 Å². The molecule has 7 nitrogen and oxygen atoms in total. The number of sulfonamides is 1. The number of carbonyl (C=O) groups is 2. The molecule has 0 aromatic heterocycles. The lowest BCUT2D eigenvalue weighted by atomic mass is 9.48. The van der Waals surface area contributed by atoms with E-state index in [1.165, 1.54) is 49.0 Å². The van der Waals surface area contributed by atoms with Crippen molar-refractivity contribution < 1.29 is 18.0 Å². The third-order valence-electron chi connectivity index (χ3n) is 9.36. The molecule has 2 aromatic carbocycles. The summed E-state index contributed by atoms with van der Waals surface area (Å²) in [5.74, 6) is 1.57. The topological polar surface area (TPSA) is 86.8 Å². The van der Waals surface area contributed by atoms with Gasteiger partial charge in [0.2, 0.25) is 21.8 Å². The zero-order valence-corrected chi connectivity index (χ0v) is 26.2. The molecular weight excluding hydrogens is 581 g/mol. The molecule has 0 saturated heterocycles. The maximum absolute atomic E-state index is 13.8. The summed E-state index contributed by atoms with van der Waals surface area (Å²) in [6.07, 6.45) is 8.81. The first kappa shape index (κ1) is 30.2. The van der Waals surface area contributed by atoms with Crippen molar-refractivity contribution >= 4 is 50.7 Å². The van der Waals surface area contributed by atoms with E-state index in [9.17, 15) is 18.0 Å². The number of nitrogens with one attached hydrogen (secondary N) is 1. The van der Waals surface area contributed by atoms with Crippen LogP contribution in [0.1, 0.15) is 63.5 Å². The van der Waals surface area contributed by atoms with Crippen LogP contribution in [0.25, 0.3) is 0 Å². The van der Waals surface area contributed by atoms with Crippen molar-refractivity contribution in [2.24, 2.45) is 17.8 Å². The van der Waals surface area contributed by atoms with Crippen molar-refractivity contribution in [2.45, 2.75) is 70.4 Å². The van der Waals surface area contributed by atoms with E-state index in [1.54, 1.807) is 32.0 Å². The Balaban J connectivity index is 1.40. The number of rotatable bonds is 10. The predicted octanol–water partition coefficient (Wildman–Crippen LogP) is 5.78. The van der Waals surface area contributed by atoms with Gasteiger partial charge in [0.1, 0.15) is 12.6 Å². The number of nitrogens with zero attached hydrogens (tertiary/aromatic N) is 2. The Morgan fingerprint density at radius 1 is 1.00 bits per heavy atom. The molecule has 0 aliphatic heterocycles. The van der Waals surface area contributed by atoms with Gasteiger partial charge >= 0.3 is 0 Å². The van der Waals surface area contributed by atoms with Crippen LogP contribution in [-0.4, -0.2) is 50.5 Å². The SMILES string of the molecule is CCNC(=O)[C@@H](C)N(Cc1ccc(Cl)cc1Cl)C(=O)CN(c1ccc(C23CC4CC(CC(C4)C2)C3)cc1)S(C)(=O)=O. The van der Waals surface area contributed by atoms with E-state index in [-0.39, 0.29) is 17.9 Å². The van der Waals surface area contributed by atoms with E-state index >= 15 is 0 Å². The fraction of sp³-hybridized carbons (Fsp3) is 0.548. The van der Waals surface area contributed by atoms with Crippen molar-refractivity contribution in [3.8, 4) is 0 Å². The van der Waals surface area contributed by atoms with Gasteiger partial charge in [0.15, 0.2) is 0 Å². The monoisotopic (exact) mass is 619 g/mol. The van der Waals surface area contributed by atoms with Crippen LogP contribution in [0, 0.1) is 17.8 Å². The van der Waals surface area contributed by atoms with Gasteiger partial charge in [0, 0.05) is 23.1 Å². The van der Waals surface area contributed by atoms with Crippen LogP contribution < -0.4 is 9.62 Å². The maximum atomic E-state index is 13.8. The zero-order valence-electron chi connectivity index (χ0n) is 23.9. The van der Waals surface area contributed by atoms with Gasteiger partial charge in [0.25, 0.3) is 0 Å². The van der Waals surface area contributed by atoms with E-state index in [0.29, 0.717) is 27.8 Å². The number of benzene rings is 2. The maximum Gasteiger partial charge on any atom is 0.244 e. The van der Waals surface area contributed by atoms with Crippen LogP contribution in [0.4, 0.5) is 5.69 Å². The van der Waals surface area contributed by atoms with Gasteiger partial charge in [-0.15, -0.1) is 0 Å². The second kappa shape index (κ2) is 11.8. The summed E-state index contributed by atoms with van der Waals surface area (Å²) >= 11 is 12.4. The molecule has 2 aromatic rings. The van der Waals surface area contributed by atoms with E-state index in [1.807, 2.05) is 12.1 Å². The lowest BCUT2D eigenvalue weighted by molar-refractivity contribution is -0.139. The molecule has 0 unspecified atom stereocenters. The molecule has 41 heavy (non-hydrogen) atoms. The van der Waals surface area contributed by atoms with Gasteiger partial charge < -0.3 is 10.2 Å². The summed E-state index contributed by atoms with van der Waals surface area (Å²) in [5.41, 5.74) is 2.51. The molecule has 10 heteroatoms. The first-order chi connectivity index (χ1) is 19.4. The third-order valence-corrected chi connectivity index (χ3v) is 11.1. The fourth-order valence-corrected chi connectivity index (χ4v) is 9.12. The molecule has 4 bridgehead atoms. The van der Waals surface area contributed by atoms with E-state index < -0.39 is 28.5 Å². The number of hydrogen-bond acceptors (Lipinski definition) is 4. The van der Waals surface area contributed by atoms with Crippen LogP contribution in [0.2, 0.25) is 10.0 Å². The Bertz CT molecular complexity index is 1380. The minimum atomic E-state index is -3.81. The first-order valence-corrected chi connectivity index (χ1v) is 17.1. The minimum Gasteiger partial charge on any atom is -0.355 e. The minimum absolute atomic E-state index is 0.0235. The van der Waals surface area contributed by atoms with Crippen LogP contribution in [0.15, 0.2) is 42.5 Å². The second-order valence-electron chi connectivity index (χ2n) is 12.3. The highest BCUT2D eigenvalue weighted by Gasteiger charge is 2.51. The Labute approximate surface area is 253 Å². The van der Waals surface area contributed by atoms with Gasteiger partial charge in [-0.3, -0.25) is 13.9 Å². The number of likely N-dealkylation sites (N-methyl/N-ethyl adjacent to an activating group) is 1. The Morgan fingerprint density at radius 3 is 2.10 bits per heavy atom. The summed E-state index contributed by atoms with van der Waals surface area (Å²) in [6, 6.07) is 11.9. The second-order valence-corrected chi connectivity index (χ2v) is 15.1. The van der Waals surface area contributed by atoms with Crippen LogP contribution in [0.3, 0.4) is 0 Å². The molecule has 4 aliphatic carbocycles. The fourth-order valence-electron chi connectivity index (χ4n) is 7.80. The van der Waals surface area contributed by atoms with E-state index in [0.717, 1.165) is 28.3 Å². The van der Waals surface area contributed by atoms with Crippen molar-refractivity contribution in [2.75, 3.05) is 23.7 Å². The smallest absolute Gasteiger partial charge is 0.244 e. The predicted molar refractivity (Wildman–Crippen MR) is 164 cm³/mol. The van der Waals surface area contributed by atoms with Crippen molar-refractivity contribution in [3.05, 3.63) is 63.6 Å². The molecule has 222 valence electrons. The summed E-state index contributed by atoms with van der Waals surface area (Å²) < 4.78 is 27.1. The lowest BCUT2D eigenvalue weighted by Gasteiger charge is -2.57. The van der Waals surface area contributed by atoms with Gasteiger partial charge in [-0.1, -0.05) is 41.4 Å². The van der Waals surface area contributed by atoms with E-state index in [4.69, 9.17) is 23.2 Å². The Morgan fingerprint density at radius 2 is 1.59 bits per heavy atom. The lowest BCUT2D eigenvalue weighted by Crippen LogP contribution is -2.51. The van der Waals surface area contributed by atoms with Gasteiger partial charge in [-0.25, -0.2) is 8.42 Å². The highest BCUT2D eigenvalue weighted by molar-refractivity contribution is 7.92. The van der Waals surface area contributed by atoms with Gasteiger partial charge in [0.05, 0.1) is 11.9 Å². The third kappa shape index (κ3) is 6.40. The quantitative estimate of drug-likeness (QED) is 0.365. The molecule has 0 radical (unpaired) electrons. The summed E-state index contributed by atoms with van der Waals surface area (Å²) in [4.78, 5) is 27.9. The highest BCUT2D eigenvalue weighted by Crippen LogP contribution is 2.60. The average Bonchev–Trinajstić information content (AvgIpc) is 2.89. The molecule has 4 aliphatic rings. The van der Waals surface area contributed by atoms with Crippen molar-refractivity contribution in [1.29, 1.82) is 0 Å². The van der Waals surface area contributed by atoms with Crippen LogP contribution in [0.5, 0.6) is 0 Å². The summed E-state index contributed by atoms with van der Waals surface area (Å²) in [5, 5.41) is 3.56. The number of amides is 2. The summed E-state index contributed by atoms with van der Waals surface area (Å²) in [6.45, 7) is 3.40. The van der Waals surface area contributed by atoms with Crippen molar-refractivity contribution in [1.82, 2.24) is 10.2 Å². The number of carbonyl (C=O) groups excluding carboxylic acids is 2. The first-order valence-electron chi connectivity index (χ1n) is 14.5. The highest BCUT2D eigenvalue weighted by atomic mass is 35.5. The number of anilines is 1. The molecule has 0 spiro atoms. The number of halogens is 2. The molecule has 1 N–H and O–H groups in total. The standard InChI is InChI=1S/C31H39Cl2N3O4S/c1-4-34-30(38)20(2)35(18-24-5-8-26(32)14-28(24)33)29(37)19-36(41(3,39)40)27-9-6-25(7-10-27)31-15-21-11-22(16-31)13-23(12-21)17-31/h5-10,14,20-23H,4,11-13,15-19H2,1-3H3,(H,34,38)/t20-,21?,22?,23?,31?/m1/s1. The van der Waals surface area contributed by atoms with E-state index in [2.05, 4.69) is 17.4 Å². The average molecular weight is 621 g/mol. The molecule has 1 atom stereocenters. The normalized spacial score (nSPS) is 25.5. The molecular formula is C31H39Cl2N3O4S. The van der Waals surface area contributed by atoms with Crippen LogP contribution in [-0.2, 0) is 31.6 Å². The molecule has 2 amide bonds. The molecule has 0 heterocycles.